The Morgan fingerprint density at radius 1 is 1.78 bits per heavy atom. The van der Waals surface area contributed by atoms with Gasteiger partial charge in [-0.25, -0.2) is 0 Å². The molecule has 0 aliphatic carbocycles. The summed E-state index contributed by atoms with van der Waals surface area (Å²) in [4.78, 5) is 0. The molecule has 9 heavy (non-hydrogen) atoms. The summed E-state index contributed by atoms with van der Waals surface area (Å²) in [5, 5.41) is 5.73. The second kappa shape index (κ2) is 3.18. The van der Waals surface area contributed by atoms with E-state index in [0.717, 1.165) is 0 Å². The number of hydrogen-bond acceptors (Lipinski definition) is 2. The zero-order chi connectivity index (χ0) is 9.07. The van der Waals surface area contributed by atoms with Crippen molar-refractivity contribution in [3.63, 3.8) is 0 Å². The van der Waals surface area contributed by atoms with E-state index in [0.29, 0.717) is 6.54 Å². The molecule has 0 spiro atoms. The van der Waals surface area contributed by atoms with Crippen LogP contribution in [0.5, 0.6) is 0 Å². The molecule has 0 bridgehead atoms. The van der Waals surface area contributed by atoms with Gasteiger partial charge in [0, 0.05) is 12.1 Å². The smallest absolute Gasteiger partial charge is 0.210 e. The van der Waals surface area contributed by atoms with Gasteiger partial charge < -0.3 is 10.4 Å². The molecule has 0 fully saturated rings. The van der Waals surface area contributed by atoms with Gasteiger partial charge in [0.05, 0.1) is 6.10 Å². The lowest BCUT2D eigenvalue weighted by Gasteiger charge is -2.21. The molecule has 0 amide bonds. The predicted molar refractivity (Wildman–Crippen MR) is 39.4 cm³/mol. The van der Waals surface area contributed by atoms with E-state index in [4.69, 9.17) is 2.84 Å². The van der Waals surface area contributed by atoms with Gasteiger partial charge in [0.15, 0.2) is 0 Å². The minimum Gasteiger partial charge on any atom is -0.392 e. The van der Waals surface area contributed by atoms with Crippen molar-refractivity contribution in [3.8, 4) is 0 Å². The summed E-state index contributed by atoms with van der Waals surface area (Å²) in [5.74, 6) is 0. The average Bonchev–Trinajstić information content (AvgIpc) is 1.85. The fourth-order valence-electron chi connectivity index (χ4n) is 0.402. The van der Waals surface area contributed by atoms with Crippen LogP contribution in [-0.2, 0) is 0 Å². The minimum absolute atomic E-state index is 0.174. The number of aliphatic hydroxyl groups is 1. The molecule has 0 aliphatic heterocycles. The lowest BCUT2D eigenvalue weighted by atomic mass is 10.1. The van der Waals surface area contributed by atoms with E-state index in [-0.39, 0.29) is 11.6 Å². The Labute approximate surface area is 60.2 Å². The third-order valence-electron chi connectivity index (χ3n) is 0.823. The zero-order valence-corrected chi connectivity index (χ0v) is 6.64. The molecule has 0 aromatic carbocycles. The van der Waals surface area contributed by atoms with E-state index < -0.39 is 0 Å². The van der Waals surface area contributed by atoms with Crippen molar-refractivity contribution in [2.75, 3.05) is 6.54 Å². The van der Waals surface area contributed by atoms with Crippen LogP contribution in [0.3, 0.4) is 0 Å². The molecule has 0 saturated carbocycles. The summed E-state index contributed by atoms with van der Waals surface area (Å²) in [6.45, 7) is 8.11. The molecule has 1 unspecified atom stereocenters. The third kappa shape index (κ3) is 7.92. The first-order valence-corrected chi connectivity index (χ1v) is 3.26. The number of β-amino-alcohol motifs (C(OH)–C–C–N with tert-alkyl or cyclic N) is 1. The number of hydrogen-bond donors (Lipinski definition) is 2. The van der Waals surface area contributed by atoms with Crippen molar-refractivity contribution in [3.05, 3.63) is 0 Å². The van der Waals surface area contributed by atoms with Crippen molar-refractivity contribution in [1.82, 2.24) is 5.31 Å². The maximum absolute atomic E-state index is 7.53. The first-order valence-electron chi connectivity index (χ1n) is 4.12. The lowest BCUT2D eigenvalue weighted by molar-refractivity contribution is 0.179. The Kier molecular flexibility index (Phi) is 2.01. The monoisotopic (exact) mass is 133 g/mol. The van der Waals surface area contributed by atoms with Crippen LogP contribution in [0.15, 0.2) is 0 Å². The maximum Gasteiger partial charge on any atom is 0.210 e. The van der Waals surface area contributed by atoms with Crippen LogP contribution in [-0.4, -0.2) is 24.7 Å². The summed E-state index contributed by atoms with van der Waals surface area (Å²) in [7, 11) is 0. The van der Waals surface area contributed by atoms with E-state index in [1.807, 2.05) is 20.8 Å². The normalized spacial score (nSPS) is 19.2. The van der Waals surface area contributed by atoms with Crippen LogP contribution < -0.4 is 5.31 Å². The quantitative estimate of drug-likeness (QED) is 0.595. The molecule has 0 aromatic rings. The Morgan fingerprint density at radius 2 is 2.33 bits per heavy atom. The summed E-state index contributed by atoms with van der Waals surface area (Å²) in [6.07, 6.45) is -0.202. The minimum atomic E-state index is -0.202. The molecule has 2 nitrogen and oxygen atoms in total. The summed E-state index contributed by atoms with van der Waals surface area (Å²) < 4.78 is 14.1. The zero-order valence-electron chi connectivity index (χ0n) is 8.64. The highest BCUT2D eigenvalue weighted by Gasteiger charge is 2.08. The Morgan fingerprint density at radius 3 is 2.67 bits per heavy atom. The summed E-state index contributed by atoms with van der Waals surface area (Å²) in [6, 6.07) is 0. The van der Waals surface area contributed by atoms with Crippen molar-refractivity contribution in [1.29, 1.82) is 1.43 Å². The Hall–Kier alpha value is -0.0800. The Balaban J connectivity index is 3.77. The van der Waals surface area contributed by atoms with E-state index in [9.17, 15) is 0 Å². The summed E-state index contributed by atoms with van der Waals surface area (Å²) in [5.41, 5.74) is -0.174. The Bertz CT molecular complexity index is 113. The predicted octanol–water partition coefficient (Wildman–Crippen LogP) is 0.755. The standard InChI is InChI=1S/C7H17NO/c1-6(9)5-8-7(2,3)4/h6,8-9H,5H2,1-4H3/i9D/hD. The highest BCUT2D eigenvalue weighted by molar-refractivity contribution is 4.70. The van der Waals surface area contributed by atoms with Gasteiger partial charge in [-0.15, -0.1) is 0 Å². The van der Waals surface area contributed by atoms with Crippen molar-refractivity contribution in [2.45, 2.75) is 39.3 Å². The molecule has 56 valence electrons. The van der Waals surface area contributed by atoms with Gasteiger partial charge in [0.1, 0.15) is 1.41 Å². The van der Waals surface area contributed by atoms with Crippen molar-refractivity contribution >= 4 is 0 Å². The van der Waals surface area contributed by atoms with E-state index in [1.54, 1.807) is 6.92 Å². The van der Waals surface area contributed by atoms with Gasteiger partial charge in [-0.2, -0.15) is 0 Å². The fourth-order valence-corrected chi connectivity index (χ4v) is 0.402. The van der Waals surface area contributed by atoms with Crippen LogP contribution >= 0.6 is 0 Å². The second-order valence-corrected chi connectivity index (χ2v) is 3.32. The van der Waals surface area contributed by atoms with Crippen LogP contribution in [0.25, 0.3) is 0 Å². The first kappa shape index (κ1) is 5.69. The topological polar surface area (TPSA) is 32.3 Å². The highest BCUT2D eigenvalue weighted by Crippen LogP contribution is 1.97. The van der Waals surface area contributed by atoms with Crippen LogP contribution in [0.4, 0.5) is 0 Å². The summed E-state index contributed by atoms with van der Waals surface area (Å²) >= 11 is 0. The molecule has 0 radical (unpaired) electrons. The average molecular weight is 133 g/mol. The van der Waals surface area contributed by atoms with Gasteiger partial charge in [0.2, 0.25) is 1.43 Å². The maximum atomic E-state index is 7.53. The van der Waals surface area contributed by atoms with E-state index in [1.165, 1.54) is 5.31 Å². The number of nitrogens with one attached hydrogen (secondary N) is 1. The third-order valence-corrected chi connectivity index (χ3v) is 0.823. The molecule has 0 rings (SSSR count). The molecule has 0 aliphatic rings. The van der Waals surface area contributed by atoms with Crippen LogP contribution in [0.1, 0.15) is 27.7 Å². The van der Waals surface area contributed by atoms with Gasteiger partial charge in [-0.05, 0) is 27.7 Å². The molecule has 2 N–H and O–H groups in total. The van der Waals surface area contributed by atoms with Crippen LogP contribution in [0.2, 0.25) is 1.41 Å². The van der Waals surface area contributed by atoms with Gasteiger partial charge >= 0.3 is 0 Å². The molecular weight excluding hydrogens is 114 g/mol. The molecule has 1 atom stereocenters. The molecule has 0 saturated heterocycles. The second-order valence-electron chi connectivity index (χ2n) is 3.32. The fraction of sp³-hybridized carbons (Fsp3) is 1.00. The SMILES string of the molecule is [2H]OC(C)CN([2H])C(C)(C)C. The number of rotatable bonds is 3. The van der Waals surface area contributed by atoms with E-state index in [2.05, 4.69) is 5.11 Å². The first-order chi connectivity index (χ1) is 4.88. The van der Waals surface area contributed by atoms with Crippen molar-refractivity contribution in [2.24, 2.45) is 0 Å². The molecule has 0 heterocycles. The van der Waals surface area contributed by atoms with Gasteiger partial charge in [-0.1, -0.05) is 0 Å². The highest BCUT2D eigenvalue weighted by atomic mass is 16.3. The van der Waals surface area contributed by atoms with Crippen molar-refractivity contribution < 1.29 is 6.52 Å². The van der Waals surface area contributed by atoms with E-state index >= 15 is 0 Å². The number of aliphatic hydroxyl groups excluding tert-OH is 1. The molecule has 2 heteroatoms. The largest absolute Gasteiger partial charge is 0.392 e. The molecule has 0 aromatic heterocycles. The molecular formula is C7H17NO. The van der Waals surface area contributed by atoms with Crippen LogP contribution in [0, 0.1) is 0 Å². The van der Waals surface area contributed by atoms with Gasteiger partial charge in [-0.3, -0.25) is 0 Å². The van der Waals surface area contributed by atoms with Gasteiger partial charge in [0.25, 0.3) is 0 Å². The lowest BCUT2D eigenvalue weighted by Crippen LogP contribution is -2.39.